The molecule has 0 unspecified atom stereocenters. The van der Waals surface area contributed by atoms with Gasteiger partial charge in [0.1, 0.15) is 17.3 Å². The lowest BCUT2D eigenvalue weighted by Crippen LogP contribution is -2.31. The van der Waals surface area contributed by atoms with Gasteiger partial charge in [0.2, 0.25) is 0 Å². The minimum Gasteiger partial charge on any atom is -0.369 e. The number of hydrogen-bond donors (Lipinski definition) is 1. The highest BCUT2D eigenvalue weighted by Crippen LogP contribution is 2.35. The van der Waals surface area contributed by atoms with Gasteiger partial charge in [-0.15, -0.1) is 0 Å². The third kappa shape index (κ3) is 2.12. The van der Waals surface area contributed by atoms with Crippen LogP contribution in [0.3, 0.4) is 0 Å². The van der Waals surface area contributed by atoms with Crippen LogP contribution in [0.1, 0.15) is 12.6 Å². The molecule has 2 aromatic rings. The largest absolute Gasteiger partial charge is 0.369 e. The monoisotopic (exact) mass is 309 g/mol. The van der Waals surface area contributed by atoms with E-state index in [1.54, 1.807) is 23.7 Å². The van der Waals surface area contributed by atoms with Gasteiger partial charge >= 0.3 is 0 Å². The van der Waals surface area contributed by atoms with E-state index in [1.807, 2.05) is 6.07 Å². The smallest absolute Gasteiger partial charge is 0.252 e. The van der Waals surface area contributed by atoms with Crippen molar-refractivity contribution < 1.29 is 0 Å². The third-order valence-corrected chi connectivity index (χ3v) is 5.36. The Labute approximate surface area is 134 Å². The van der Waals surface area contributed by atoms with Gasteiger partial charge < -0.3 is 14.8 Å². The Morgan fingerprint density at radius 2 is 2.22 bits per heavy atom. The molecule has 23 heavy (non-hydrogen) atoms. The second-order valence-electron chi connectivity index (χ2n) is 6.63. The van der Waals surface area contributed by atoms with E-state index in [0.29, 0.717) is 23.6 Å². The molecule has 0 aromatic carbocycles. The Balaban J connectivity index is 1.85. The van der Waals surface area contributed by atoms with Crippen LogP contribution < -0.4 is 15.8 Å². The van der Waals surface area contributed by atoms with Gasteiger partial charge in [-0.1, -0.05) is 0 Å². The van der Waals surface area contributed by atoms with Crippen LogP contribution >= 0.6 is 0 Å². The lowest BCUT2D eigenvalue weighted by molar-refractivity contribution is 0.464. The van der Waals surface area contributed by atoms with Crippen molar-refractivity contribution in [1.82, 2.24) is 14.9 Å². The summed E-state index contributed by atoms with van der Waals surface area (Å²) in [4.78, 5) is 19.1. The van der Waals surface area contributed by atoms with Gasteiger partial charge in [0.15, 0.2) is 0 Å². The van der Waals surface area contributed by atoms with Gasteiger partial charge in [-0.3, -0.25) is 4.79 Å². The average Bonchev–Trinajstić information content (AvgIpc) is 3.12. The van der Waals surface area contributed by atoms with Crippen LogP contribution in [-0.2, 0) is 7.05 Å². The maximum absolute atomic E-state index is 12.3. The van der Waals surface area contributed by atoms with E-state index in [-0.39, 0.29) is 5.56 Å². The molecule has 0 aliphatic carbocycles. The highest BCUT2D eigenvalue weighted by atomic mass is 16.1. The van der Waals surface area contributed by atoms with Crippen LogP contribution in [0.4, 0.5) is 5.69 Å². The van der Waals surface area contributed by atoms with Crippen molar-refractivity contribution in [1.29, 1.82) is 5.26 Å². The summed E-state index contributed by atoms with van der Waals surface area (Å²) in [6.45, 7) is 5.12. The number of anilines is 1. The number of nitriles is 1. The SMILES string of the molecule is C[C@H]1NC[C@@H]2CN(c3cc(=O)n(C)c4ccc(C#N)nc34)C[C@@H]21. The summed E-state index contributed by atoms with van der Waals surface area (Å²) < 4.78 is 1.59. The summed E-state index contributed by atoms with van der Waals surface area (Å²) in [6, 6.07) is 7.73. The molecule has 118 valence electrons. The summed E-state index contributed by atoms with van der Waals surface area (Å²) in [6.07, 6.45) is 0. The Morgan fingerprint density at radius 1 is 1.39 bits per heavy atom. The average molecular weight is 309 g/mol. The Morgan fingerprint density at radius 3 is 2.96 bits per heavy atom. The summed E-state index contributed by atoms with van der Waals surface area (Å²) in [5.74, 6) is 1.22. The third-order valence-electron chi connectivity index (χ3n) is 5.36. The molecule has 0 saturated carbocycles. The first-order valence-electron chi connectivity index (χ1n) is 7.97. The Hall–Kier alpha value is -2.39. The van der Waals surface area contributed by atoms with Gasteiger partial charge in [0.25, 0.3) is 5.56 Å². The summed E-state index contributed by atoms with van der Waals surface area (Å²) in [7, 11) is 1.74. The quantitative estimate of drug-likeness (QED) is 0.845. The maximum atomic E-state index is 12.3. The van der Waals surface area contributed by atoms with Crippen LogP contribution in [0.5, 0.6) is 0 Å². The number of hydrogen-bond acceptors (Lipinski definition) is 5. The van der Waals surface area contributed by atoms with Crippen LogP contribution in [0.25, 0.3) is 11.0 Å². The first-order valence-corrected chi connectivity index (χ1v) is 7.97. The molecule has 2 aromatic heterocycles. The van der Waals surface area contributed by atoms with E-state index < -0.39 is 0 Å². The van der Waals surface area contributed by atoms with Crippen molar-refractivity contribution in [2.45, 2.75) is 13.0 Å². The second-order valence-corrected chi connectivity index (χ2v) is 6.63. The standard InChI is InChI=1S/C17H19N5O/c1-10-13-9-22(8-11(13)7-19-10)15-5-16(23)21(2)14-4-3-12(6-18)20-17(14)15/h3-5,10-11,13,19H,7-9H2,1-2H3/t10-,11-,13-/m1/s1. The highest BCUT2D eigenvalue weighted by molar-refractivity contribution is 5.88. The van der Waals surface area contributed by atoms with Crippen LogP contribution in [-0.4, -0.2) is 35.2 Å². The van der Waals surface area contributed by atoms with Crippen LogP contribution in [0, 0.1) is 23.2 Å². The zero-order valence-electron chi connectivity index (χ0n) is 13.3. The van der Waals surface area contributed by atoms with Crippen molar-refractivity contribution in [2.75, 3.05) is 24.5 Å². The molecule has 2 saturated heterocycles. The molecule has 4 rings (SSSR count). The highest BCUT2D eigenvalue weighted by Gasteiger charge is 2.41. The van der Waals surface area contributed by atoms with E-state index in [0.717, 1.165) is 36.4 Å². The number of nitrogens with zero attached hydrogens (tertiary/aromatic N) is 4. The number of aryl methyl sites for hydroxylation is 1. The molecule has 6 heteroatoms. The topological polar surface area (TPSA) is 74.0 Å². The predicted octanol–water partition coefficient (Wildman–Crippen LogP) is 0.849. The van der Waals surface area contributed by atoms with Crippen molar-refractivity contribution >= 4 is 16.7 Å². The fourth-order valence-corrected chi connectivity index (χ4v) is 3.98. The van der Waals surface area contributed by atoms with E-state index in [9.17, 15) is 4.79 Å². The molecule has 2 aliphatic heterocycles. The lowest BCUT2D eigenvalue weighted by atomic mass is 9.95. The molecule has 4 heterocycles. The van der Waals surface area contributed by atoms with Gasteiger partial charge in [0.05, 0.1) is 11.2 Å². The molecule has 1 N–H and O–H groups in total. The minimum atomic E-state index is -0.0396. The summed E-state index contributed by atoms with van der Waals surface area (Å²) in [5.41, 5.74) is 2.72. The molecular formula is C17H19N5O. The minimum absolute atomic E-state index is 0.0396. The van der Waals surface area contributed by atoms with E-state index in [2.05, 4.69) is 28.2 Å². The van der Waals surface area contributed by atoms with Crippen molar-refractivity contribution in [3.63, 3.8) is 0 Å². The molecular weight excluding hydrogens is 290 g/mol. The first-order chi connectivity index (χ1) is 11.1. The molecule has 3 atom stereocenters. The fourth-order valence-electron chi connectivity index (χ4n) is 3.98. The van der Waals surface area contributed by atoms with Crippen molar-refractivity contribution in [3.8, 4) is 6.07 Å². The van der Waals surface area contributed by atoms with E-state index in [4.69, 9.17) is 5.26 Å². The summed E-state index contributed by atoms with van der Waals surface area (Å²) in [5, 5.41) is 12.7. The maximum Gasteiger partial charge on any atom is 0.252 e. The molecule has 0 bridgehead atoms. The van der Waals surface area contributed by atoms with Crippen molar-refractivity contribution in [2.24, 2.45) is 18.9 Å². The Kier molecular flexibility index (Phi) is 3.13. The number of nitrogens with one attached hydrogen (secondary N) is 1. The van der Waals surface area contributed by atoms with Gasteiger partial charge in [0, 0.05) is 38.8 Å². The predicted molar refractivity (Wildman–Crippen MR) is 88.4 cm³/mol. The van der Waals surface area contributed by atoms with Crippen LogP contribution in [0.15, 0.2) is 23.0 Å². The number of fused-ring (bicyclic) bond motifs is 2. The molecule has 2 fully saturated rings. The summed E-state index contributed by atoms with van der Waals surface area (Å²) >= 11 is 0. The molecule has 0 amide bonds. The van der Waals surface area contributed by atoms with Gasteiger partial charge in [-0.25, -0.2) is 4.98 Å². The lowest BCUT2D eigenvalue weighted by Gasteiger charge is -2.22. The normalized spacial score (nSPS) is 26.5. The zero-order chi connectivity index (χ0) is 16.1. The molecule has 0 spiro atoms. The second kappa shape index (κ2) is 5.07. The zero-order valence-corrected chi connectivity index (χ0v) is 13.3. The number of aromatic nitrogens is 2. The van der Waals surface area contributed by atoms with Crippen LogP contribution in [0.2, 0.25) is 0 Å². The fraction of sp³-hybridized carbons (Fsp3) is 0.471. The molecule has 6 nitrogen and oxygen atoms in total. The number of pyridine rings is 2. The Bertz CT molecular complexity index is 881. The van der Waals surface area contributed by atoms with Gasteiger partial charge in [-0.2, -0.15) is 5.26 Å². The number of rotatable bonds is 1. The van der Waals surface area contributed by atoms with E-state index >= 15 is 0 Å². The van der Waals surface area contributed by atoms with Gasteiger partial charge in [-0.05, 0) is 30.9 Å². The molecule has 0 radical (unpaired) electrons. The first kappa shape index (κ1) is 14.2. The molecule has 2 aliphatic rings. The van der Waals surface area contributed by atoms with Crippen molar-refractivity contribution in [3.05, 3.63) is 34.2 Å². The van der Waals surface area contributed by atoms with E-state index in [1.165, 1.54) is 0 Å².